The fraction of sp³-hybridized carbons (Fsp3) is 0.235. The lowest BCUT2D eigenvalue weighted by Gasteiger charge is -2.29. The number of rotatable bonds is 2. The number of nitriles is 1. The Bertz CT molecular complexity index is 938. The van der Waals surface area contributed by atoms with Crippen molar-refractivity contribution in [3.63, 3.8) is 0 Å². The number of hydrogen-bond donors (Lipinski definition) is 0. The third-order valence-corrected chi connectivity index (χ3v) is 3.89. The van der Waals surface area contributed by atoms with Crippen molar-refractivity contribution in [2.75, 3.05) is 6.54 Å². The molecule has 0 aromatic heterocycles. The van der Waals surface area contributed by atoms with Crippen molar-refractivity contribution in [2.24, 2.45) is 4.99 Å². The Labute approximate surface area is 153 Å². The van der Waals surface area contributed by atoms with E-state index in [4.69, 9.17) is 0 Å². The first-order valence-corrected chi connectivity index (χ1v) is 7.64. The number of halogens is 6. The van der Waals surface area contributed by atoms with Crippen LogP contribution in [0.3, 0.4) is 0 Å². The topological polar surface area (TPSA) is 65.7 Å². The quantitative estimate of drug-likeness (QED) is 0.562. The molecule has 146 valence electrons. The van der Waals surface area contributed by atoms with Gasteiger partial charge < -0.3 is 9.64 Å². The number of carbonyl (C=O) groups excluding carboxylic acids is 1. The zero-order valence-corrected chi connectivity index (χ0v) is 13.7. The van der Waals surface area contributed by atoms with Gasteiger partial charge in [-0.3, -0.25) is 0 Å². The molecule has 0 bridgehead atoms. The number of alkyl halides is 6. The Balaban J connectivity index is 2.08. The Kier molecular flexibility index (Phi) is 4.66. The lowest BCUT2D eigenvalue weighted by molar-refractivity contribution is -0.204. The van der Waals surface area contributed by atoms with E-state index in [0.717, 1.165) is 11.0 Å². The predicted octanol–water partition coefficient (Wildman–Crippen LogP) is 3.57. The minimum atomic E-state index is -5.29. The summed E-state index contributed by atoms with van der Waals surface area (Å²) in [5, 5.41) is 9.19. The molecule has 0 N–H and O–H groups in total. The number of ether oxygens (including phenoxy) is 1. The van der Waals surface area contributed by atoms with Gasteiger partial charge in [0.1, 0.15) is 11.6 Å². The van der Waals surface area contributed by atoms with Crippen LogP contribution >= 0.6 is 0 Å². The number of esters is 1. The molecule has 2 heterocycles. The van der Waals surface area contributed by atoms with Crippen LogP contribution in [0.15, 0.2) is 52.5 Å². The minimum Gasteiger partial charge on any atom is -0.431 e. The largest absolute Gasteiger partial charge is 0.491 e. The number of amidine groups is 1. The number of nitrogens with zero attached hydrogens (tertiary/aromatic N) is 3. The van der Waals surface area contributed by atoms with Gasteiger partial charge >= 0.3 is 18.3 Å². The molecule has 1 unspecified atom stereocenters. The van der Waals surface area contributed by atoms with Crippen LogP contribution in [0.1, 0.15) is 5.56 Å². The number of fused-ring (bicyclic) bond motifs is 1. The molecule has 0 aliphatic carbocycles. The molecule has 11 heteroatoms. The minimum absolute atomic E-state index is 0.0313. The van der Waals surface area contributed by atoms with E-state index in [1.165, 1.54) is 18.2 Å². The van der Waals surface area contributed by atoms with E-state index >= 15 is 0 Å². The lowest BCUT2D eigenvalue weighted by Crippen LogP contribution is -2.36. The Morgan fingerprint density at radius 1 is 1.18 bits per heavy atom. The normalized spacial score (nSPS) is 19.6. The van der Waals surface area contributed by atoms with Crippen molar-refractivity contribution >= 4 is 17.5 Å². The van der Waals surface area contributed by atoms with Crippen molar-refractivity contribution in [3.05, 3.63) is 53.1 Å². The van der Waals surface area contributed by atoms with Crippen LogP contribution in [-0.4, -0.2) is 41.8 Å². The van der Waals surface area contributed by atoms with Crippen LogP contribution in [0.25, 0.3) is 5.70 Å². The standard InChI is InChI=1S/C17H9F6N3O2/c18-16(19,20)11-6-12(9-4-2-1-3-5-9)26-8-13(25-14(26)10(11)7-24)28-15(27)17(21,22)23/h1-6,13H,8H2. The molecule has 28 heavy (non-hydrogen) atoms. The molecule has 1 aromatic carbocycles. The van der Waals surface area contributed by atoms with Gasteiger partial charge in [0.2, 0.25) is 6.23 Å². The first-order chi connectivity index (χ1) is 13.0. The van der Waals surface area contributed by atoms with E-state index < -0.39 is 48.1 Å². The highest BCUT2D eigenvalue weighted by Gasteiger charge is 2.47. The van der Waals surface area contributed by atoms with Gasteiger partial charge in [-0.05, 0) is 11.6 Å². The molecule has 1 atom stereocenters. The number of carbonyl (C=O) groups is 1. The number of hydrogen-bond acceptors (Lipinski definition) is 5. The first-order valence-electron chi connectivity index (χ1n) is 7.64. The van der Waals surface area contributed by atoms with Gasteiger partial charge in [0.05, 0.1) is 17.8 Å². The van der Waals surface area contributed by atoms with Crippen molar-refractivity contribution in [3.8, 4) is 6.07 Å². The number of benzene rings is 1. The molecule has 0 spiro atoms. The van der Waals surface area contributed by atoms with Crippen molar-refractivity contribution in [1.29, 1.82) is 5.26 Å². The van der Waals surface area contributed by atoms with Crippen LogP contribution in [-0.2, 0) is 9.53 Å². The van der Waals surface area contributed by atoms with Gasteiger partial charge in [0.15, 0.2) is 5.84 Å². The maximum absolute atomic E-state index is 13.4. The van der Waals surface area contributed by atoms with E-state index in [-0.39, 0.29) is 5.70 Å². The zero-order valence-electron chi connectivity index (χ0n) is 13.7. The monoisotopic (exact) mass is 401 g/mol. The second-order valence-electron chi connectivity index (χ2n) is 5.71. The fourth-order valence-electron chi connectivity index (χ4n) is 2.74. The van der Waals surface area contributed by atoms with Crippen LogP contribution < -0.4 is 0 Å². The van der Waals surface area contributed by atoms with E-state index in [1.807, 2.05) is 0 Å². The van der Waals surface area contributed by atoms with E-state index in [9.17, 15) is 36.4 Å². The summed E-state index contributed by atoms with van der Waals surface area (Å²) in [5.74, 6) is -3.03. The fourth-order valence-corrected chi connectivity index (χ4v) is 2.74. The molecule has 2 aliphatic rings. The summed E-state index contributed by atoms with van der Waals surface area (Å²) in [6, 6.07) is 9.11. The molecule has 3 rings (SSSR count). The summed E-state index contributed by atoms with van der Waals surface area (Å²) in [7, 11) is 0. The van der Waals surface area contributed by atoms with Gasteiger partial charge in [0.25, 0.3) is 0 Å². The molecular formula is C17H9F6N3O2. The molecular weight excluding hydrogens is 392 g/mol. The third-order valence-electron chi connectivity index (χ3n) is 3.89. The first kappa shape index (κ1) is 19.5. The molecule has 1 aromatic rings. The van der Waals surface area contributed by atoms with Crippen molar-refractivity contribution in [2.45, 2.75) is 18.6 Å². The molecule has 0 fully saturated rings. The lowest BCUT2D eigenvalue weighted by atomic mass is 9.98. The van der Waals surface area contributed by atoms with Gasteiger partial charge in [0, 0.05) is 0 Å². The SMILES string of the molecule is N#CC1=C(C(F)(F)F)C=C(c2ccccc2)N2CC(OC(=O)C(F)(F)F)N=C12. The molecule has 0 saturated carbocycles. The van der Waals surface area contributed by atoms with Gasteiger partial charge in [-0.2, -0.15) is 31.6 Å². The highest BCUT2D eigenvalue weighted by molar-refractivity contribution is 6.10. The number of aliphatic imine (C=N–C) groups is 1. The molecule has 5 nitrogen and oxygen atoms in total. The average molecular weight is 401 g/mol. The molecule has 0 saturated heterocycles. The third kappa shape index (κ3) is 3.58. The second kappa shape index (κ2) is 6.70. The molecule has 0 amide bonds. The Morgan fingerprint density at radius 3 is 2.36 bits per heavy atom. The maximum Gasteiger partial charge on any atom is 0.491 e. The van der Waals surface area contributed by atoms with Gasteiger partial charge in [-0.1, -0.05) is 30.3 Å². The summed E-state index contributed by atoms with van der Waals surface area (Å²) in [4.78, 5) is 15.8. The Morgan fingerprint density at radius 2 is 1.82 bits per heavy atom. The van der Waals surface area contributed by atoms with E-state index in [1.54, 1.807) is 18.2 Å². The average Bonchev–Trinajstić information content (AvgIpc) is 3.02. The highest BCUT2D eigenvalue weighted by Crippen LogP contribution is 2.40. The predicted molar refractivity (Wildman–Crippen MR) is 83.2 cm³/mol. The highest BCUT2D eigenvalue weighted by atomic mass is 19.4. The smallest absolute Gasteiger partial charge is 0.431 e. The van der Waals surface area contributed by atoms with E-state index in [0.29, 0.717) is 5.56 Å². The van der Waals surface area contributed by atoms with Crippen LogP contribution in [0.5, 0.6) is 0 Å². The molecule has 0 radical (unpaired) electrons. The molecule has 2 aliphatic heterocycles. The summed E-state index contributed by atoms with van der Waals surface area (Å²) < 4.78 is 81.8. The second-order valence-corrected chi connectivity index (χ2v) is 5.71. The summed E-state index contributed by atoms with van der Waals surface area (Å²) in [6.07, 6.45) is -11.2. The summed E-state index contributed by atoms with van der Waals surface area (Å²) in [5.41, 5.74) is -1.86. The van der Waals surface area contributed by atoms with E-state index in [2.05, 4.69) is 9.73 Å². The van der Waals surface area contributed by atoms with Crippen LogP contribution in [0.4, 0.5) is 26.3 Å². The van der Waals surface area contributed by atoms with Gasteiger partial charge in [-0.15, -0.1) is 0 Å². The number of allylic oxidation sites excluding steroid dienone is 2. The summed E-state index contributed by atoms with van der Waals surface area (Å²) in [6.45, 7) is -0.464. The zero-order chi connectivity index (χ0) is 20.7. The van der Waals surface area contributed by atoms with Crippen molar-refractivity contribution < 1.29 is 35.9 Å². The van der Waals surface area contributed by atoms with Gasteiger partial charge in [-0.25, -0.2) is 9.79 Å². The summed E-state index contributed by atoms with van der Waals surface area (Å²) >= 11 is 0. The van der Waals surface area contributed by atoms with Crippen LogP contribution in [0.2, 0.25) is 0 Å². The van der Waals surface area contributed by atoms with Crippen molar-refractivity contribution in [1.82, 2.24) is 4.90 Å². The Hall–Kier alpha value is -3.29. The maximum atomic E-state index is 13.4. The van der Waals surface area contributed by atoms with Crippen LogP contribution in [0, 0.1) is 11.3 Å².